The Morgan fingerprint density at radius 1 is 0.597 bits per heavy atom. The van der Waals surface area contributed by atoms with Crippen molar-refractivity contribution in [1.29, 1.82) is 0 Å². The SMILES string of the molecule is CCCC(C)(C)C(O)CCc1ccc(C(CC)(CC)c2ccc(O)c(C)c2)cc1C.CCCC(C)(C)C(O)CCc1ccc(C(CC)(CC)c2ccc(OC[C@@H]3CCC(=O)O3)c(C)c2)cc1C. The summed E-state index contributed by atoms with van der Waals surface area (Å²) in [7, 11) is 0. The molecule has 1 fully saturated rings. The molecule has 1 aliphatic heterocycles. The molecule has 0 amide bonds. The first-order valence-corrected chi connectivity index (χ1v) is 26.0. The Kier molecular flexibility index (Phi) is 20.2. The molecular formula is C61H90O6. The quantitative estimate of drug-likeness (QED) is 0.0642. The van der Waals surface area contributed by atoms with Crippen LogP contribution in [0.3, 0.4) is 0 Å². The number of aliphatic hydroxyl groups is 2. The van der Waals surface area contributed by atoms with Crippen molar-refractivity contribution in [2.24, 2.45) is 10.8 Å². The number of carbonyl (C=O) groups excluding carboxylic acids is 1. The molecule has 3 N–H and O–H groups in total. The summed E-state index contributed by atoms with van der Waals surface area (Å²) >= 11 is 0. The van der Waals surface area contributed by atoms with Crippen LogP contribution in [-0.2, 0) is 33.2 Å². The molecule has 4 aromatic carbocycles. The zero-order chi connectivity index (χ0) is 49.7. The Hall–Kier alpha value is -4.13. The van der Waals surface area contributed by atoms with Crippen LogP contribution in [0.25, 0.3) is 0 Å². The van der Waals surface area contributed by atoms with E-state index >= 15 is 0 Å². The number of phenols is 1. The van der Waals surface area contributed by atoms with E-state index in [1.807, 2.05) is 13.0 Å². The number of esters is 1. The maximum atomic E-state index is 11.4. The van der Waals surface area contributed by atoms with Gasteiger partial charge < -0.3 is 24.8 Å². The molecule has 1 aliphatic rings. The highest BCUT2D eigenvalue weighted by atomic mass is 16.6. The number of ether oxygens (including phenoxy) is 2. The van der Waals surface area contributed by atoms with Crippen molar-refractivity contribution in [1.82, 2.24) is 0 Å². The van der Waals surface area contributed by atoms with Gasteiger partial charge in [0.15, 0.2) is 0 Å². The number of phenolic OH excluding ortho intramolecular Hbond substituents is 1. The number of hydrogen-bond donors (Lipinski definition) is 3. The summed E-state index contributed by atoms with van der Waals surface area (Å²) in [6, 6.07) is 26.4. The molecule has 6 heteroatoms. The molecule has 0 aliphatic carbocycles. The molecule has 67 heavy (non-hydrogen) atoms. The van der Waals surface area contributed by atoms with Gasteiger partial charge in [0.05, 0.1) is 12.2 Å². The Morgan fingerprint density at radius 3 is 1.36 bits per heavy atom. The fraction of sp³-hybridized carbons (Fsp3) is 0.590. The standard InChI is InChI=1S/C33H48O4.C28H42O2/c1-8-19-32(6,7)30(34)17-12-25-11-13-26(20-23(25)4)33(9-2,10-3)27-14-16-29(24(5)21-27)36-22-28-15-18-31(35)37-28;1-8-17-27(6,7)26(30)16-12-22-11-13-23(18-20(22)4)28(9-2,10-3)24-14-15-25(29)21(5)19-24/h11,13-14,16,20-21,28,30,34H,8-10,12,15,17-19,22H2,1-7H3;11,13-15,18-19,26,29-30H,8-10,12,16-17H2,1-7H3/t28-,30?;/m0./s1. The Labute approximate surface area is 407 Å². The minimum absolute atomic E-state index is 0.0289. The largest absolute Gasteiger partial charge is 0.508 e. The summed E-state index contributed by atoms with van der Waals surface area (Å²) in [5.41, 5.74) is 12.3. The van der Waals surface area contributed by atoms with Gasteiger partial charge in [-0.25, -0.2) is 0 Å². The minimum atomic E-state index is -0.290. The highest BCUT2D eigenvalue weighted by Crippen LogP contribution is 2.43. The van der Waals surface area contributed by atoms with Gasteiger partial charge in [0.1, 0.15) is 24.2 Å². The third-order valence-electron chi connectivity index (χ3n) is 16.0. The summed E-state index contributed by atoms with van der Waals surface area (Å²) in [6.45, 7) is 31.0. The van der Waals surface area contributed by atoms with Gasteiger partial charge in [-0.3, -0.25) is 4.79 Å². The summed E-state index contributed by atoms with van der Waals surface area (Å²) in [6.07, 6.45) is 12.2. The Bertz CT molecular complexity index is 2190. The predicted octanol–water partition coefficient (Wildman–Crippen LogP) is 14.8. The predicted molar refractivity (Wildman–Crippen MR) is 280 cm³/mol. The smallest absolute Gasteiger partial charge is 0.306 e. The second-order valence-corrected chi connectivity index (χ2v) is 21.4. The zero-order valence-corrected chi connectivity index (χ0v) is 44.3. The number of aliphatic hydroxyl groups excluding tert-OH is 2. The van der Waals surface area contributed by atoms with E-state index in [1.165, 1.54) is 44.5 Å². The number of rotatable bonds is 23. The molecular weight excluding hydrogens is 829 g/mol. The highest BCUT2D eigenvalue weighted by molar-refractivity contribution is 5.71. The third kappa shape index (κ3) is 13.6. The van der Waals surface area contributed by atoms with Crippen molar-refractivity contribution in [3.05, 3.63) is 128 Å². The second kappa shape index (κ2) is 24.4. The topological polar surface area (TPSA) is 96.2 Å². The normalized spacial score (nSPS) is 15.5. The van der Waals surface area contributed by atoms with E-state index in [0.717, 1.165) is 100 Å². The number of carbonyl (C=O) groups is 1. The van der Waals surface area contributed by atoms with Crippen molar-refractivity contribution in [3.63, 3.8) is 0 Å². The summed E-state index contributed by atoms with van der Waals surface area (Å²) in [5, 5.41) is 31.5. The van der Waals surface area contributed by atoms with Crippen LogP contribution in [-0.4, -0.2) is 46.2 Å². The first kappa shape index (κ1) is 55.5. The van der Waals surface area contributed by atoms with Gasteiger partial charge in [0.25, 0.3) is 0 Å². The van der Waals surface area contributed by atoms with E-state index in [9.17, 15) is 20.1 Å². The lowest BCUT2D eigenvalue weighted by Crippen LogP contribution is -2.29. The fourth-order valence-corrected chi connectivity index (χ4v) is 10.9. The Morgan fingerprint density at radius 2 is 1.00 bits per heavy atom. The third-order valence-corrected chi connectivity index (χ3v) is 16.0. The van der Waals surface area contributed by atoms with Crippen LogP contribution in [0.15, 0.2) is 72.8 Å². The Balaban J connectivity index is 0.000000299. The molecule has 1 heterocycles. The lowest BCUT2D eigenvalue weighted by Gasteiger charge is -2.34. The van der Waals surface area contributed by atoms with Crippen molar-refractivity contribution in [3.8, 4) is 11.5 Å². The highest BCUT2D eigenvalue weighted by Gasteiger charge is 2.34. The minimum Gasteiger partial charge on any atom is -0.508 e. The van der Waals surface area contributed by atoms with Crippen LogP contribution in [0.5, 0.6) is 11.5 Å². The van der Waals surface area contributed by atoms with Gasteiger partial charge in [-0.2, -0.15) is 0 Å². The lowest BCUT2D eigenvalue weighted by atomic mass is 9.69. The van der Waals surface area contributed by atoms with Gasteiger partial charge in [0, 0.05) is 17.3 Å². The lowest BCUT2D eigenvalue weighted by molar-refractivity contribution is -0.142. The molecule has 0 saturated carbocycles. The maximum absolute atomic E-state index is 11.4. The van der Waals surface area contributed by atoms with Crippen LogP contribution < -0.4 is 4.74 Å². The van der Waals surface area contributed by atoms with Crippen LogP contribution in [0, 0.1) is 38.5 Å². The molecule has 1 saturated heterocycles. The molecule has 0 bridgehead atoms. The van der Waals surface area contributed by atoms with E-state index in [0.29, 0.717) is 18.8 Å². The monoisotopic (exact) mass is 919 g/mol. The molecule has 370 valence electrons. The average Bonchev–Trinajstić information content (AvgIpc) is 3.72. The first-order valence-electron chi connectivity index (χ1n) is 26.0. The van der Waals surface area contributed by atoms with Crippen molar-refractivity contribution >= 4 is 5.97 Å². The molecule has 0 spiro atoms. The first-order chi connectivity index (χ1) is 31.7. The van der Waals surface area contributed by atoms with Crippen molar-refractivity contribution in [2.45, 2.75) is 216 Å². The molecule has 2 unspecified atom stereocenters. The molecule has 0 aromatic heterocycles. The fourth-order valence-electron chi connectivity index (χ4n) is 10.9. The summed E-state index contributed by atoms with van der Waals surface area (Å²) in [5.74, 6) is 1.08. The summed E-state index contributed by atoms with van der Waals surface area (Å²) < 4.78 is 11.3. The van der Waals surface area contributed by atoms with Gasteiger partial charge in [-0.1, -0.05) is 143 Å². The second-order valence-electron chi connectivity index (χ2n) is 21.4. The maximum Gasteiger partial charge on any atom is 0.306 e. The van der Waals surface area contributed by atoms with E-state index in [4.69, 9.17) is 9.47 Å². The zero-order valence-electron chi connectivity index (χ0n) is 44.3. The average molecular weight is 919 g/mol. The molecule has 5 rings (SSSR count). The van der Waals surface area contributed by atoms with E-state index in [2.05, 4.69) is 157 Å². The van der Waals surface area contributed by atoms with Gasteiger partial charge >= 0.3 is 5.97 Å². The van der Waals surface area contributed by atoms with Gasteiger partial charge in [-0.05, 0) is 177 Å². The molecule has 6 nitrogen and oxygen atoms in total. The number of aromatic hydroxyl groups is 1. The number of benzene rings is 4. The van der Waals surface area contributed by atoms with E-state index in [-0.39, 0.29) is 45.9 Å². The van der Waals surface area contributed by atoms with Gasteiger partial charge in [0.2, 0.25) is 0 Å². The number of cyclic esters (lactones) is 1. The van der Waals surface area contributed by atoms with E-state index in [1.54, 1.807) is 0 Å². The van der Waals surface area contributed by atoms with Crippen LogP contribution in [0.4, 0.5) is 0 Å². The van der Waals surface area contributed by atoms with Crippen molar-refractivity contribution < 1.29 is 29.6 Å². The van der Waals surface area contributed by atoms with Gasteiger partial charge in [-0.15, -0.1) is 0 Å². The van der Waals surface area contributed by atoms with Crippen LogP contribution in [0.1, 0.15) is 202 Å². The van der Waals surface area contributed by atoms with E-state index < -0.39 is 0 Å². The number of hydrogen-bond acceptors (Lipinski definition) is 6. The van der Waals surface area contributed by atoms with Crippen LogP contribution in [0.2, 0.25) is 0 Å². The van der Waals surface area contributed by atoms with Crippen LogP contribution >= 0.6 is 0 Å². The number of aryl methyl sites for hydroxylation is 6. The molecule has 0 radical (unpaired) electrons. The summed E-state index contributed by atoms with van der Waals surface area (Å²) in [4.78, 5) is 11.4. The molecule has 4 aromatic rings. The molecule has 3 atom stereocenters. The van der Waals surface area contributed by atoms with Crippen molar-refractivity contribution in [2.75, 3.05) is 6.61 Å².